The van der Waals surface area contributed by atoms with Gasteiger partial charge in [0.1, 0.15) is 11.6 Å². The van der Waals surface area contributed by atoms with Crippen LogP contribution in [-0.2, 0) is 6.54 Å². The van der Waals surface area contributed by atoms with E-state index in [9.17, 15) is 4.79 Å². The summed E-state index contributed by atoms with van der Waals surface area (Å²) in [6, 6.07) is 20.0. The van der Waals surface area contributed by atoms with Gasteiger partial charge in [-0.2, -0.15) is 4.98 Å². The Morgan fingerprint density at radius 3 is 2.54 bits per heavy atom. The van der Waals surface area contributed by atoms with Gasteiger partial charge in [-0.3, -0.25) is 9.69 Å². The molecule has 0 radical (unpaired) electrons. The van der Waals surface area contributed by atoms with Gasteiger partial charge in [-0.05, 0) is 42.0 Å². The minimum absolute atomic E-state index is 0.0401. The molecule has 4 rings (SSSR count). The molecular weight excluding hydrogens is 324 g/mol. The molecule has 24 heavy (non-hydrogen) atoms. The molecule has 1 aliphatic rings. The quantitative estimate of drug-likeness (QED) is 0.697. The molecule has 0 atom stereocenters. The monoisotopic (exact) mass is 336 g/mol. The van der Waals surface area contributed by atoms with Crippen LogP contribution in [0.2, 0.25) is 5.02 Å². The van der Waals surface area contributed by atoms with E-state index < -0.39 is 0 Å². The highest BCUT2D eigenvalue weighted by Gasteiger charge is 2.28. The molecule has 0 fully saturated rings. The smallest absolute Gasteiger partial charge is 0.260 e. The van der Waals surface area contributed by atoms with Crippen molar-refractivity contribution in [2.75, 3.05) is 4.90 Å². The number of halogens is 1. The zero-order valence-corrected chi connectivity index (χ0v) is 13.4. The van der Waals surface area contributed by atoms with Crippen LogP contribution >= 0.6 is 11.6 Å². The summed E-state index contributed by atoms with van der Waals surface area (Å²) < 4.78 is 5.74. The van der Waals surface area contributed by atoms with Crippen molar-refractivity contribution >= 4 is 23.3 Å². The van der Waals surface area contributed by atoms with Crippen molar-refractivity contribution in [2.45, 2.75) is 6.54 Å². The van der Waals surface area contributed by atoms with Gasteiger partial charge in [-0.15, -0.1) is 0 Å². The molecule has 0 unspecified atom stereocenters. The Hall–Kier alpha value is -2.85. The van der Waals surface area contributed by atoms with Crippen molar-refractivity contribution in [2.24, 2.45) is 0 Å². The van der Waals surface area contributed by atoms with Crippen molar-refractivity contribution < 1.29 is 9.53 Å². The van der Waals surface area contributed by atoms with E-state index in [1.54, 1.807) is 41.3 Å². The van der Waals surface area contributed by atoms with E-state index in [0.717, 1.165) is 11.1 Å². The lowest BCUT2D eigenvalue weighted by Gasteiger charge is -2.15. The largest absolute Gasteiger partial charge is 0.439 e. The fourth-order valence-corrected chi connectivity index (χ4v) is 2.80. The van der Waals surface area contributed by atoms with E-state index in [1.165, 1.54) is 0 Å². The number of hydrogen-bond acceptors (Lipinski definition) is 3. The van der Waals surface area contributed by atoms with Crippen LogP contribution in [-0.4, -0.2) is 10.9 Å². The number of carbonyl (C=O) groups excluding carboxylic acids is 1. The highest BCUT2D eigenvalue weighted by Crippen LogP contribution is 2.29. The molecule has 3 aromatic rings. The Labute approximate surface area is 144 Å². The molecular formula is C19H13ClN2O2. The summed E-state index contributed by atoms with van der Waals surface area (Å²) in [5.74, 6) is 1.60. The Kier molecular flexibility index (Phi) is 3.67. The van der Waals surface area contributed by atoms with Crippen molar-refractivity contribution in [3.8, 4) is 11.6 Å². The van der Waals surface area contributed by atoms with Gasteiger partial charge in [0.2, 0.25) is 5.88 Å². The highest BCUT2D eigenvalue weighted by atomic mass is 35.5. The van der Waals surface area contributed by atoms with Crippen LogP contribution in [0.5, 0.6) is 11.6 Å². The molecule has 1 aliphatic heterocycles. The number of ether oxygens (including phenoxy) is 1. The molecule has 2 aromatic carbocycles. The van der Waals surface area contributed by atoms with E-state index in [0.29, 0.717) is 29.0 Å². The van der Waals surface area contributed by atoms with Crippen LogP contribution in [0.25, 0.3) is 0 Å². The average molecular weight is 337 g/mol. The van der Waals surface area contributed by atoms with Gasteiger partial charge < -0.3 is 4.74 Å². The molecule has 1 aromatic heterocycles. The molecule has 4 nitrogen and oxygen atoms in total. The molecule has 2 heterocycles. The van der Waals surface area contributed by atoms with Gasteiger partial charge in [0.05, 0.1) is 6.54 Å². The van der Waals surface area contributed by atoms with E-state index in [2.05, 4.69) is 4.98 Å². The summed E-state index contributed by atoms with van der Waals surface area (Å²) in [5.41, 5.74) is 1.73. The van der Waals surface area contributed by atoms with Crippen molar-refractivity contribution in [1.82, 2.24) is 4.98 Å². The van der Waals surface area contributed by atoms with E-state index in [-0.39, 0.29) is 5.91 Å². The predicted octanol–water partition coefficient (Wildman–Crippen LogP) is 4.69. The van der Waals surface area contributed by atoms with Gasteiger partial charge >= 0.3 is 0 Å². The van der Waals surface area contributed by atoms with E-state index >= 15 is 0 Å². The molecule has 0 N–H and O–H groups in total. The summed E-state index contributed by atoms with van der Waals surface area (Å²) in [6.07, 6.45) is 0. The third-order valence-electron chi connectivity index (χ3n) is 3.84. The number of aromatic nitrogens is 1. The lowest BCUT2D eigenvalue weighted by molar-refractivity contribution is 0.0996. The second-order valence-electron chi connectivity index (χ2n) is 5.44. The molecule has 5 heteroatoms. The zero-order chi connectivity index (χ0) is 16.5. The number of hydrogen-bond donors (Lipinski definition) is 0. The van der Waals surface area contributed by atoms with E-state index in [1.807, 2.05) is 30.3 Å². The van der Waals surface area contributed by atoms with Crippen LogP contribution in [0.4, 0.5) is 5.82 Å². The zero-order valence-electron chi connectivity index (χ0n) is 12.6. The van der Waals surface area contributed by atoms with Gasteiger partial charge in [0.15, 0.2) is 0 Å². The minimum Gasteiger partial charge on any atom is -0.439 e. The molecule has 118 valence electrons. The Balaban J connectivity index is 1.60. The lowest BCUT2D eigenvalue weighted by atomic mass is 10.1. The minimum atomic E-state index is -0.0401. The first-order valence-electron chi connectivity index (χ1n) is 7.51. The van der Waals surface area contributed by atoms with Crippen LogP contribution in [0.1, 0.15) is 15.9 Å². The van der Waals surface area contributed by atoms with Gasteiger partial charge in [-0.25, -0.2) is 0 Å². The first-order chi connectivity index (χ1) is 11.7. The third kappa shape index (κ3) is 2.72. The SMILES string of the molecule is O=C1c2ccccc2CN1c1cccc(Oc2ccc(Cl)cc2)n1. The average Bonchev–Trinajstić information content (AvgIpc) is 2.95. The summed E-state index contributed by atoms with van der Waals surface area (Å²) in [6.45, 7) is 0.520. The number of nitrogens with zero attached hydrogens (tertiary/aromatic N) is 2. The standard InChI is InChI=1S/C19H13ClN2O2/c20-14-8-10-15(11-9-14)24-18-7-3-6-17(21-18)22-12-13-4-1-2-5-16(13)19(22)23/h1-11H,12H2. The van der Waals surface area contributed by atoms with Crippen molar-refractivity contribution in [3.05, 3.63) is 82.9 Å². The lowest BCUT2D eigenvalue weighted by Crippen LogP contribution is -2.24. The van der Waals surface area contributed by atoms with Gasteiger partial charge in [0.25, 0.3) is 5.91 Å². The summed E-state index contributed by atoms with van der Waals surface area (Å²) in [7, 11) is 0. The molecule has 1 amide bonds. The summed E-state index contributed by atoms with van der Waals surface area (Å²) in [4.78, 5) is 18.6. The molecule has 0 spiro atoms. The number of amides is 1. The Bertz CT molecular complexity index is 909. The third-order valence-corrected chi connectivity index (χ3v) is 4.09. The first-order valence-corrected chi connectivity index (χ1v) is 7.89. The number of pyridine rings is 1. The van der Waals surface area contributed by atoms with Crippen LogP contribution in [0.3, 0.4) is 0 Å². The number of rotatable bonds is 3. The maximum atomic E-state index is 12.5. The number of carbonyl (C=O) groups is 1. The second kappa shape index (κ2) is 5.98. The summed E-state index contributed by atoms with van der Waals surface area (Å²) in [5, 5.41) is 0.643. The van der Waals surface area contributed by atoms with E-state index in [4.69, 9.17) is 16.3 Å². The number of anilines is 1. The first kappa shape index (κ1) is 14.7. The molecule has 0 aliphatic carbocycles. The van der Waals surface area contributed by atoms with Crippen LogP contribution in [0, 0.1) is 0 Å². The maximum absolute atomic E-state index is 12.5. The topological polar surface area (TPSA) is 42.4 Å². The Morgan fingerprint density at radius 2 is 1.75 bits per heavy atom. The van der Waals surface area contributed by atoms with Crippen molar-refractivity contribution in [1.29, 1.82) is 0 Å². The molecule has 0 saturated carbocycles. The van der Waals surface area contributed by atoms with Gasteiger partial charge in [0, 0.05) is 16.7 Å². The molecule has 0 saturated heterocycles. The highest BCUT2D eigenvalue weighted by molar-refractivity contribution is 6.30. The normalized spacial score (nSPS) is 13.0. The van der Waals surface area contributed by atoms with Crippen LogP contribution in [0.15, 0.2) is 66.7 Å². The van der Waals surface area contributed by atoms with Crippen LogP contribution < -0.4 is 9.64 Å². The van der Waals surface area contributed by atoms with Crippen molar-refractivity contribution in [3.63, 3.8) is 0 Å². The Morgan fingerprint density at radius 1 is 0.958 bits per heavy atom. The molecule has 0 bridgehead atoms. The second-order valence-corrected chi connectivity index (χ2v) is 5.87. The fraction of sp³-hybridized carbons (Fsp3) is 0.0526. The maximum Gasteiger partial charge on any atom is 0.260 e. The predicted molar refractivity (Wildman–Crippen MR) is 92.7 cm³/mol. The fourth-order valence-electron chi connectivity index (χ4n) is 2.67. The number of fused-ring (bicyclic) bond motifs is 1. The summed E-state index contributed by atoms with van der Waals surface area (Å²) >= 11 is 5.87. The number of benzene rings is 2. The van der Waals surface area contributed by atoms with Gasteiger partial charge in [-0.1, -0.05) is 35.9 Å².